The van der Waals surface area contributed by atoms with Crippen molar-refractivity contribution in [3.63, 3.8) is 0 Å². The van der Waals surface area contributed by atoms with Gasteiger partial charge in [-0.2, -0.15) is 5.21 Å². The molecule has 0 aliphatic rings. The Morgan fingerprint density at radius 2 is 2.09 bits per heavy atom. The number of hydrogen-bond donors (Lipinski definition) is 2. The van der Waals surface area contributed by atoms with Crippen molar-refractivity contribution in [2.24, 2.45) is 0 Å². The number of phenols is 1. The molecule has 0 saturated heterocycles. The Hall–Kier alpha value is -4.08. The van der Waals surface area contributed by atoms with Crippen LogP contribution >= 0.6 is 0 Å². The maximum atomic E-state index is 12.9. The molecule has 2 N–H and O–H groups in total. The van der Waals surface area contributed by atoms with E-state index in [1.54, 1.807) is 24.4 Å². The van der Waals surface area contributed by atoms with Gasteiger partial charge >= 0.3 is 0 Å². The van der Waals surface area contributed by atoms with E-state index in [0.717, 1.165) is 6.42 Å². The largest absolute Gasteiger partial charge is 0.507 e. The van der Waals surface area contributed by atoms with E-state index in [9.17, 15) is 14.7 Å². The lowest BCUT2D eigenvalue weighted by molar-refractivity contribution is 0.101. The number of rotatable bonds is 8. The first-order valence-corrected chi connectivity index (χ1v) is 10.2. The average Bonchev–Trinajstić information content (AvgIpc) is 3.29. The molecular formula is C22H22N6O4. The smallest absolute Gasteiger partial charge is 0.261 e. The summed E-state index contributed by atoms with van der Waals surface area (Å²) in [5.74, 6) is 0.643. The third kappa shape index (κ3) is 4.07. The highest BCUT2D eigenvalue weighted by Crippen LogP contribution is 2.33. The number of hydrogen-bond acceptors (Lipinski definition) is 8. The Balaban J connectivity index is 1.64. The molecular weight excluding hydrogens is 412 g/mol. The number of carbonyl (C=O) groups is 1. The van der Waals surface area contributed by atoms with E-state index in [4.69, 9.17) is 4.74 Å². The van der Waals surface area contributed by atoms with Crippen LogP contribution in [0.1, 0.15) is 53.1 Å². The summed E-state index contributed by atoms with van der Waals surface area (Å²) in [6, 6.07) is 6.82. The second-order valence-electron chi connectivity index (χ2n) is 7.35. The van der Waals surface area contributed by atoms with E-state index in [1.807, 2.05) is 13.0 Å². The van der Waals surface area contributed by atoms with Gasteiger partial charge in [0.25, 0.3) is 5.56 Å². The summed E-state index contributed by atoms with van der Waals surface area (Å²) in [4.78, 5) is 29.1. The van der Waals surface area contributed by atoms with Crippen molar-refractivity contribution in [1.29, 1.82) is 0 Å². The summed E-state index contributed by atoms with van der Waals surface area (Å²) in [7, 11) is 0. The van der Waals surface area contributed by atoms with Gasteiger partial charge in [-0.15, -0.1) is 10.2 Å². The molecule has 32 heavy (non-hydrogen) atoms. The fourth-order valence-corrected chi connectivity index (χ4v) is 3.55. The van der Waals surface area contributed by atoms with Crippen molar-refractivity contribution in [2.75, 3.05) is 0 Å². The van der Waals surface area contributed by atoms with Crippen LogP contribution in [-0.4, -0.2) is 40.9 Å². The molecule has 1 aromatic carbocycles. The van der Waals surface area contributed by atoms with Gasteiger partial charge in [0.1, 0.15) is 23.8 Å². The topological polar surface area (TPSA) is 135 Å². The first-order chi connectivity index (χ1) is 15.5. The van der Waals surface area contributed by atoms with Crippen LogP contribution in [0.25, 0.3) is 5.65 Å². The lowest BCUT2D eigenvalue weighted by Gasteiger charge is -2.15. The Morgan fingerprint density at radius 1 is 1.25 bits per heavy atom. The van der Waals surface area contributed by atoms with Gasteiger partial charge in [-0.3, -0.25) is 14.0 Å². The molecule has 10 heteroatoms. The fourth-order valence-electron chi connectivity index (χ4n) is 3.55. The van der Waals surface area contributed by atoms with E-state index in [1.165, 1.54) is 17.5 Å². The zero-order valence-corrected chi connectivity index (χ0v) is 17.7. The van der Waals surface area contributed by atoms with E-state index >= 15 is 0 Å². The van der Waals surface area contributed by atoms with Gasteiger partial charge in [0, 0.05) is 35.5 Å². The number of tetrazole rings is 1. The van der Waals surface area contributed by atoms with Gasteiger partial charge in [-0.25, -0.2) is 4.98 Å². The molecule has 3 aromatic heterocycles. The van der Waals surface area contributed by atoms with Crippen molar-refractivity contribution in [1.82, 2.24) is 30.0 Å². The average molecular weight is 434 g/mol. The molecule has 4 aromatic rings. The molecule has 10 nitrogen and oxygen atoms in total. The summed E-state index contributed by atoms with van der Waals surface area (Å²) in [6.07, 6.45) is 4.71. The normalized spacial score (nSPS) is 11.1. The van der Waals surface area contributed by atoms with Crippen LogP contribution in [0.3, 0.4) is 0 Å². The van der Waals surface area contributed by atoms with Crippen LogP contribution in [0, 0.1) is 0 Å². The molecule has 0 atom stereocenters. The summed E-state index contributed by atoms with van der Waals surface area (Å²) >= 11 is 0. The molecule has 3 heterocycles. The maximum absolute atomic E-state index is 12.9. The maximum Gasteiger partial charge on any atom is 0.261 e. The minimum absolute atomic E-state index is 0.0461. The SMILES string of the molecule is CCCc1c(OCc2cccn3c(=O)c(Cc4nn[nH]n4)cnc23)ccc(C(C)=O)c1O. The van der Waals surface area contributed by atoms with Gasteiger partial charge in [-0.1, -0.05) is 24.6 Å². The highest BCUT2D eigenvalue weighted by atomic mass is 16.5. The Kier molecular flexibility index (Phi) is 5.93. The van der Waals surface area contributed by atoms with Gasteiger partial charge in [0.05, 0.1) is 5.56 Å². The van der Waals surface area contributed by atoms with Crippen LogP contribution in [-0.2, 0) is 19.4 Å². The van der Waals surface area contributed by atoms with Crippen molar-refractivity contribution in [3.05, 3.63) is 75.1 Å². The van der Waals surface area contributed by atoms with Gasteiger partial charge in [-0.05, 0) is 31.5 Å². The summed E-state index contributed by atoms with van der Waals surface area (Å²) in [6.45, 7) is 3.53. The Bertz CT molecular complexity index is 1330. The quantitative estimate of drug-likeness (QED) is 0.403. The summed E-state index contributed by atoms with van der Waals surface area (Å²) in [5.41, 5.74) is 2.25. The molecule has 0 saturated carbocycles. The Morgan fingerprint density at radius 3 is 2.81 bits per heavy atom. The van der Waals surface area contributed by atoms with Crippen molar-refractivity contribution in [3.8, 4) is 11.5 Å². The molecule has 164 valence electrons. The summed E-state index contributed by atoms with van der Waals surface area (Å²) < 4.78 is 7.45. The number of ketones is 1. The standard InChI is InChI=1S/C22H22N6O4/c1-3-5-17-18(8-7-16(13(2)29)20(17)30)32-12-14-6-4-9-28-21(14)23-11-15(22(28)31)10-19-24-26-27-25-19/h4,6-9,11,30H,3,5,10,12H2,1-2H3,(H,24,25,26,27). The molecule has 0 fully saturated rings. The third-order valence-electron chi connectivity index (χ3n) is 5.12. The number of H-pyrrole nitrogens is 1. The van der Waals surface area contributed by atoms with Crippen molar-refractivity contribution >= 4 is 11.4 Å². The zero-order chi connectivity index (χ0) is 22.7. The molecule has 0 aliphatic carbocycles. The van der Waals surface area contributed by atoms with Crippen LogP contribution in [0.5, 0.6) is 11.5 Å². The Labute approximate surface area is 182 Å². The number of carbonyl (C=O) groups excluding carboxylic acids is 1. The number of benzene rings is 1. The number of aromatic nitrogens is 6. The predicted molar refractivity (Wildman–Crippen MR) is 115 cm³/mol. The molecule has 0 radical (unpaired) electrons. The number of fused-ring (bicyclic) bond motifs is 1. The van der Waals surface area contributed by atoms with E-state index in [-0.39, 0.29) is 35.7 Å². The van der Waals surface area contributed by atoms with E-state index in [2.05, 4.69) is 25.6 Å². The third-order valence-corrected chi connectivity index (χ3v) is 5.12. The van der Waals surface area contributed by atoms with Gasteiger partial charge in [0.2, 0.25) is 0 Å². The molecule has 0 unspecified atom stereocenters. The minimum Gasteiger partial charge on any atom is -0.507 e. The minimum atomic E-state index is -0.225. The van der Waals surface area contributed by atoms with E-state index in [0.29, 0.717) is 40.3 Å². The number of nitrogens with zero attached hydrogens (tertiary/aromatic N) is 5. The van der Waals surface area contributed by atoms with Gasteiger partial charge < -0.3 is 9.84 Å². The fraction of sp³-hybridized carbons (Fsp3) is 0.273. The van der Waals surface area contributed by atoms with Gasteiger partial charge in [0.15, 0.2) is 11.6 Å². The number of aromatic hydroxyl groups is 1. The number of Topliss-reactive ketones (excluding diaryl/α,β-unsaturated/α-hetero) is 1. The lowest BCUT2D eigenvalue weighted by atomic mass is 10.0. The van der Waals surface area contributed by atoms with Crippen LogP contribution in [0.15, 0.2) is 41.5 Å². The first kappa shape index (κ1) is 21.2. The van der Waals surface area contributed by atoms with Crippen LogP contribution in [0.2, 0.25) is 0 Å². The number of ether oxygens (including phenoxy) is 1. The van der Waals surface area contributed by atoms with Crippen LogP contribution < -0.4 is 10.3 Å². The second kappa shape index (κ2) is 8.96. The monoisotopic (exact) mass is 434 g/mol. The number of aromatic amines is 1. The van der Waals surface area contributed by atoms with Crippen LogP contribution in [0.4, 0.5) is 0 Å². The zero-order valence-electron chi connectivity index (χ0n) is 17.7. The van der Waals surface area contributed by atoms with E-state index < -0.39 is 0 Å². The molecule has 0 spiro atoms. The highest BCUT2D eigenvalue weighted by molar-refractivity contribution is 5.97. The molecule has 0 bridgehead atoms. The molecule has 0 aliphatic heterocycles. The lowest BCUT2D eigenvalue weighted by Crippen LogP contribution is -2.21. The van der Waals surface area contributed by atoms with Crippen molar-refractivity contribution < 1.29 is 14.6 Å². The predicted octanol–water partition coefficient (Wildman–Crippen LogP) is 2.24. The number of pyridine rings is 1. The number of nitrogens with one attached hydrogen (secondary N) is 1. The molecule has 0 amide bonds. The summed E-state index contributed by atoms with van der Waals surface area (Å²) in [5, 5.41) is 24.2. The first-order valence-electron chi connectivity index (χ1n) is 10.2. The number of phenolic OH excluding ortho intramolecular Hbond substituents is 1. The van der Waals surface area contributed by atoms with Crippen molar-refractivity contribution in [2.45, 2.75) is 39.7 Å². The second-order valence-corrected chi connectivity index (χ2v) is 7.35. The highest BCUT2D eigenvalue weighted by Gasteiger charge is 2.17. The molecule has 4 rings (SSSR count).